The van der Waals surface area contributed by atoms with E-state index in [-0.39, 0.29) is 18.3 Å². The molecule has 2 aliphatic heterocycles. The molecule has 2 aliphatic rings. The lowest BCUT2D eigenvalue weighted by Crippen LogP contribution is -2.37. The molecule has 0 aromatic rings. The molecule has 0 saturated carbocycles. The molecular weight excluding hydrogens is 194 g/mol. The average Bonchev–Trinajstić information content (AvgIpc) is 2.66. The molecule has 1 amide bonds. The van der Waals surface area contributed by atoms with Crippen molar-refractivity contribution in [3.63, 3.8) is 0 Å². The standard InChI is InChI=1S/C11H15NO3/c1-11(2,3)10(14)12-5-4-7-8(13)6-15-9(7)12/h4-6H2,1-3H3. The number of rotatable bonds is 0. The quantitative estimate of drug-likeness (QED) is 0.599. The molecule has 0 fully saturated rings. The summed E-state index contributed by atoms with van der Waals surface area (Å²) >= 11 is 0. The van der Waals surface area contributed by atoms with Crippen molar-refractivity contribution >= 4 is 11.7 Å². The van der Waals surface area contributed by atoms with Crippen LogP contribution >= 0.6 is 0 Å². The number of Topliss-reactive ketones (excluding diaryl/α,β-unsaturated/α-hetero) is 1. The van der Waals surface area contributed by atoms with Gasteiger partial charge in [0.25, 0.3) is 0 Å². The first-order valence-corrected chi connectivity index (χ1v) is 5.12. The minimum Gasteiger partial charge on any atom is -0.470 e. The first-order chi connectivity index (χ1) is 6.91. The molecular formula is C11H15NO3. The van der Waals surface area contributed by atoms with Gasteiger partial charge in [-0.3, -0.25) is 14.5 Å². The summed E-state index contributed by atoms with van der Waals surface area (Å²) in [6.07, 6.45) is 0.635. The van der Waals surface area contributed by atoms with Crippen molar-refractivity contribution in [1.82, 2.24) is 4.90 Å². The van der Waals surface area contributed by atoms with Gasteiger partial charge in [0.15, 0.2) is 6.61 Å². The Labute approximate surface area is 88.9 Å². The van der Waals surface area contributed by atoms with Crippen LogP contribution in [0.2, 0.25) is 0 Å². The Kier molecular flexibility index (Phi) is 2.10. The van der Waals surface area contributed by atoms with E-state index >= 15 is 0 Å². The summed E-state index contributed by atoms with van der Waals surface area (Å²) in [6, 6.07) is 0. The predicted octanol–water partition coefficient (Wildman–Crippen LogP) is 1.08. The van der Waals surface area contributed by atoms with E-state index < -0.39 is 5.41 Å². The van der Waals surface area contributed by atoms with Crippen LogP contribution in [0.15, 0.2) is 11.5 Å². The van der Waals surface area contributed by atoms with Crippen molar-refractivity contribution in [3.05, 3.63) is 11.5 Å². The van der Waals surface area contributed by atoms with Gasteiger partial charge in [-0.15, -0.1) is 0 Å². The summed E-state index contributed by atoms with van der Waals surface area (Å²) in [6.45, 7) is 6.27. The van der Waals surface area contributed by atoms with Gasteiger partial charge in [-0.05, 0) is 6.42 Å². The van der Waals surface area contributed by atoms with Gasteiger partial charge in [0.05, 0.1) is 5.57 Å². The van der Waals surface area contributed by atoms with Gasteiger partial charge in [-0.1, -0.05) is 20.8 Å². The highest BCUT2D eigenvalue weighted by Crippen LogP contribution is 2.32. The fourth-order valence-corrected chi connectivity index (χ4v) is 1.84. The smallest absolute Gasteiger partial charge is 0.234 e. The molecule has 0 aliphatic carbocycles. The van der Waals surface area contributed by atoms with Gasteiger partial charge in [0, 0.05) is 12.0 Å². The molecule has 0 saturated heterocycles. The molecule has 0 bridgehead atoms. The first-order valence-electron chi connectivity index (χ1n) is 5.12. The second-order valence-corrected chi connectivity index (χ2v) is 4.95. The number of carbonyl (C=O) groups is 2. The van der Waals surface area contributed by atoms with Crippen LogP contribution in [0.25, 0.3) is 0 Å². The Morgan fingerprint density at radius 3 is 2.67 bits per heavy atom. The van der Waals surface area contributed by atoms with Gasteiger partial charge in [-0.2, -0.15) is 0 Å². The number of carbonyl (C=O) groups excluding carboxylic acids is 2. The molecule has 15 heavy (non-hydrogen) atoms. The van der Waals surface area contributed by atoms with E-state index in [4.69, 9.17) is 4.74 Å². The minimum absolute atomic E-state index is 0.0159. The van der Waals surface area contributed by atoms with Crippen molar-refractivity contribution in [3.8, 4) is 0 Å². The van der Waals surface area contributed by atoms with Crippen LogP contribution in [0.3, 0.4) is 0 Å². The molecule has 0 N–H and O–H groups in total. The molecule has 0 spiro atoms. The maximum Gasteiger partial charge on any atom is 0.234 e. The second kappa shape index (κ2) is 3.08. The molecule has 0 unspecified atom stereocenters. The maximum atomic E-state index is 12.0. The van der Waals surface area contributed by atoms with Crippen LogP contribution in [0.1, 0.15) is 27.2 Å². The molecule has 0 aromatic heterocycles. The summed E-state index contributed by atoms with van der Waals surface area (Å²) in [5, 5.41) is 0. The summed E-state index contributed by atoms with van der Waals surface area (Å²) < 4.78 is 5.25. The Balaban J connectivity index is 2.25. The molecule has 82 valence electrons. The normalized spacial score (nSPS) is 20.7. The average molecular weight is 209 g/mol. The molecule has 0 atom stereocenters. The molecule has 2 rings (SSSR count). The highest BCUT2D eigenvalue weighted by molar-refractivity contribution is 6.00. The fraction of sp³-hybridized carbons (Fsp3) is 0.636. The van der Waals surface area contributed by atoms with E-state index in [0.717, 1.165) is 0 Å². The van der Waals surface area contributed by atoms with E-state index in [1.54, 1.807) is 4.90 Å². The number of nitrogens with zero attached hydrogens (tertiary/aromatic N) is 1. The largest absolute Gasteiger partial charge is 0.470 e. The summed E-state index contributed by atoms with van der Waals surface area (Å²) in [7, 11) is 0. The topological polar surface area (TPSA) is 46.6 Å². The third-order valence-corrected chi connectivity index (χ3v) is 2.65. The zero-order valence-corrected chi connectivity index (χ0v) is 9.29. The molecule has 0 aromatic carbocycles. The SMILES string of the molecule is CC(C)(C)C(=O)N1CCC2=C1OCC2=O. The lowest BCUT2D eigenvalue weighted by atomic mass is 9.95. The van der Waals surface area contributed by atoms with Crippen molar-refractivity contribution in [2.45, 2.75) is 27.2 Å². The highest BCUT2D eigenvalue weighted by Gasteiger charge is 2.40. The molecule has 4 nitrogen and oxygen atoms in total. The van der Waals surface area contributed by atoms with Gasteiger partial charge in [0.2, 0.25) is 17.6 Å². The van der Waals surface area contributed by atoms with E-state index in [0.29, 0.717) is 24.4 Å². The Hall–Kier alpha value is -1.32. The fourth-order valence-electron chi connectivity index (χ4n) is 1.84. The van der Waals surface area contributed by atoms with E-state index in [1.165, 1.54) is 0 Å². The van der Waals surface area contributed by atoms with Crippen LogP contribution < -0.4 is 0 Å². The zero-order valence-electron chi connectivity index (χ0n) is 9.29. The summed E-state index contributed by atoms with van der Waals surface area (Å²) in [5.74, 6) is 0.538. The number of ether oxygens (including phenoxy) is 1. The van der Waals surface area contributed by atoms with Crippen LogP contribution in [0, 0.1) is 5.41 Å². The second-order valence-electron chi connectivity index (χ2n) is 4.95. The third-order valence-electron chi connectivity index (χ3n) is 2.65. The van der Waals surface area contributed by atoms with Crippen molar-refractivity contribution in [1.29, 1.82) is 0 Å². The first kappa shape index (κ1) is 10.2. The lowest BCUT2D eigenvalue weighted by Gasteiger charge is -2.26. The van der Waals surface area contributed by atoms with Gasteiger partial charge >= 0.3 is 0 Å². The van der Waals surface area contributed by atoms with Gasteiger partial charge < -0.3 is 4.74 Å². The monoisotopic (exact) mass is 209 g/mol. The van der Waals surface area contributed by atoms with Crippen molar-refractivity contribution in [2.24, 2.45) is 5.41 Å². The van der Waals surface area contributed by atoms with Gasteiger partial charge in [-0.25, -0.2) is 0 Å². The predicted molar refractivity (Wildman–Crippen MR) is 53.8 cm³/mol. The Morgan fingerprint density at radius 1 is 1.40 bits per heavy atom. The number of ketones is 1. The highest BCUT2D eigenvalue weighted by atomic mass is 16.5. The van der Waals surface area contributed by atoms with Crippen LogP contribution in [-0.4, -0.2) is 29.7 Å². The molecule has 2 heterocycles. The molecule has 0 radical (unpaired) electrons. The van der Waals surface area contributed by atoms with Crippen molar-refractivity contribution < 1.29 is 14.3 Å². The minimum atomic E-state index is -0.433. The lowest BCUT2D eigenvalue weighted by molar-refractivity contribution is -0.139. The Morgan fingerprint density at radius 2 is 2.07 bits per heavy atom. The molecule has 4 heteroatoms. The summed E-state index contributed by atoms with van der Waals surface area (Å²) in [5.41, 5.74) is 0.255. The Bertz CT molecular complexity index is 363. The zero-order chi connectivity index (χ0) is 11.2. The van der Waals surface area contributed by atoms with Gasteiger partial charge in [0.1, 0.15) is 0 Å². The number of hydrogen-bond donors (Lipinski definition) is 0. The van der Waals surface area contributed by atoms with Crippen LogP contribution in [0.4, 0.5) is 0 Å². The van der Waals surface area contributed by atoms with Crippen LogP contribution in [0.5, 0.6) is 0 Å². The van der Waals surface area contributed by atoms with Crippen LogP contribution in [-0.2, 0) is 14.3 Å². The third kappa shape index (κ3) is 1.54. The van der Waals surface area contributed by atoms with E-state index in [2.05, 4.69) is 0 Å². The van der Waals surface area contributed by atoms with Crippen molar-refractivity contribution in [2.75, 3.05) is 13.2 Å². The number of hydrogen-bond acceptors (Lipinski definition) is 3. The number of amides is 1. The summed E-state index contributed by atoms with van der Waals surface area (Å²) in [4.78, 5) is 25.0. The van der Waals surface area contributed by atoms with E-state index in [9.17, 15) is 9.59 Å². The maximum absolute atomic E-state index is 12.0. The van der Waals surface area contributed by atoms with E-state index in [1.807, 2.05) is 20.8 Å².